The lowest BCUT2D eigenvalue weighted by Gasteiger charge is -2.19. The summed E-state index contributed by atoms with van der Waals surface area (Å²) in [7, 11) is 0. The molecule has 0 heterocycles. The minimum absolute atomic E-state index is 0.0142. The van der Waals surface area contributed by atoms with Gasteiger partial charge in [0.25, 0.3) is 23.2 Å². The molecule has 0 atom stereocenters. The quantitative estimate of drug-likeness (QED) is 0.203. The number of amides is 2. The van der Waals surface area contributed by atoms with Gasteiger partial charge in [0.15, 0.2) is 6.61 Å². The summed E-state index contributed by atoms with van der Waals surface area (Å²) in [5, 5.41) is 26.3. The predicted molar refractivity (Wildman–Crippen MR) is 125 cm³/mol. The van der Waals surface area contributed by atoms with E-state index in [1.54, 1.807) is 0 Å². The van der Waals surface area contributed by atoms with E-state index in [9.17, 15) is 47.4 Å². The van der Waals surface area contributed by atoms with Crippen molar-refractivity contribution in [3.8, 4) is 5.75 Å². The number of hydrogen-bond acceptors (Lipinski definition) is 7. The third-order valence-corrected chi connectivity index (χ3v) is 4.91. The summed E-state index contributed by atoms with van der Waals surface area (Å²) in [4.78, 5) is 45.4. The van der Waals surface area contributed by atoms with E-state index in [4.69, 9.17) is 4.74 Å². The number of rotatable bonds is 10. The molecule has 2 amide bonds. The lowest BCUT2D eigenvalue weighted by molar-refractivity contribution is -0.385. The topological polar surface area (TPSA) is 154 Å². The van der Waals surface area contributed by atoms with E-state index in [0.29, 0.717) is 0 Å². The molecule has 198 valence electrons. The van der Waals surface area contributed by atoms with Gasteiger partial charge < -0.3 is 15.4 Å². The molecule has 0 saturated carbocycles. The normalized spacial score (nSPS) is 11.1. The number of nitrogens with one attached hydrogen (secondary N) is 2. The summed E-state index contributed by atoms with van der Waals surface area (Å²) in [6.07, 6.45) is -4.01. The Morgan fingerprint density at radius 3 is 1.74 bits per heavy atom. The second-order valence-electron chi connectivity index (χ2n) is 7.58. The van der Waals surface area contributed by atoms with Crippen LogP contribution in [-0.2, 0) is 0 Å². The van der Waals surface area contributed by atoms with E-state index in [0.717, 1.165) is 48.5 Å². The Hall–Kier alpha value is -5.08. The van der Waals surface area contributed by atoms with E-state index in [1.807, 2.05) is 0 Å². The number of hydrogen-bond donors (Lipinski definition) is 2. The first kappa shape index (κ1) is 27.5. The van der Waals surface area contributed by atoms with Crippen molar-refractivity contribution in [3.63, 3.8) is 0 Å². The van der Waals surface area contributed by atoms with Gasteiger partial charge in [0.1, 0.15) is 5.75 Å². The van der Waals surface area contributed by atoms with Crippen LogP contribution < -0.4 is 15.4 Å². The standard InChI is InChI=1S/C23H16F4N4O7/c24-22(25)23(26,27)12-38-19-10-5-15(28-20(32)13-1-6-16(7-2-13)30(34)35)11-18(19)29-21(33)14-3-8-17(9-4-14)31(36)37/h1-11,22H,12H2,(H,28,32)(H,29,33). The van der Waals surface area contributed by atoms with E-state index < -0.39 is 46.4 Å². The Balaban J connectivity index is 1.86. The van der Waals surface area contributed by atoms with E-state index >= 15 is 0 Å². The summed E-state index contributed by atoms with van der Waals surface area (Å²) >= 11 is 0. The molecule has 0 bridgehead atoms. The van der Waals surface area contributed by atoms with Crippen molar-refractivity contribution < 1.29 is 41.7 Å². The van der Waals surface area contributed by atoms with Crippen molar-refractivity contribution in [3.05, 3.63) is 98.1 Å². The van der Waals surface area contributed by atoms with Crippen molar-refractivity contribution in [1.29, 1.82) is 0 Å². The molecule has 0 fully saturated rings. The van der Waals surface area contributed by atoms with Gasteiger partial charge in [-0.3, -0.25) is 29.8 Å². The number of nitro groups is 2. The number of non-ortho nitro benzene ring substituents is 2. The fraction of sp³-hybridized carbons (Fsp3) is 0.130. The lowest BCUT2D eigenvalue weighted by atomic mass is 10.1. The number of carbonyl (C=O) groups excluding carboxylic acids is 2. The van der Waals surface area contributed by atoms with Crippen molar-refractivity contribution in [2.45, 2.75) is 12.3 Å². The molecule has 0 unspecified atom stereocenters. The maximum Gasteiger partial charge on any atom is 0.340 e. The average molecular weight is 536 g/mol. The Labute approximate surface area is 210 Å². The van der Waals surface area contributed by atoms with Gasteiger partial charge >= 0.3 is 12.3 Å². The molecular weight excluding hydrogens is 520 g/mol. The average Bonchev–Trinajstić information content (AvgIpc) is 2.88. The number of nitro benzene ring substituents is 2. The Morgan fingerprint density at radius 2 is 1.29 bits per heavy atom. The van der Waals surface area contributed by atoms with Crippen LogP contribution in [0, 0.1) is 20.2 Å². The Kier molecular flexibility index (Phi) is 8.19. The van der Waals surface area contributed by atoms with Crippen molar-refractivity contribution in [2.75, 3.05) is 17.2 Å². The molecule has 3 aromatic rings. The first-order valence-electron chi connectivity index (χ1n) is 10.4. The van der Waals surface area contributed by atoms with Crippen LogP contribution in [0.2, 0.25) is 0 Å². The largest absolute Gasteiger partial charge is 0.485 e. The number of nitrogens with zero attached hydrogens (tertiary/aromatic N) is 2. The minimum Gasteiger partial charge on any atom is -0.485 e. The van der Waals surface area contributed by atoms with Crippen LogP contribution in [0.4, 0.5) is 40.3 Å². The van der Waals surface area contributed by atoms with Crippen LogP contribution in [0.15, 0.2) is 66.7 Å². The van der Waals surface area contributed by atoms with Crippen molar-refractivity contribution in [1.82, 2.24) is 0 Å². The number of carbonyl (C=O) groups is 2. The first-order valence-corrected chi connectivity index (χ1v) is 10.4. The molecule has 3 aromatic carbocycles. The van der Waals surface area contributed by atoms with Crippen LogP contribution in [0.25, 0.3) is 0 Å². The van der Waals surface area contributed by atoms with Gasteiger partial charge in [-0.15, -0.1) is 0 Å². The van der Waals surface area contributed by atoms with E-state index in [1.165, 1.54) is 18.2 Å². The van der Waals surface area contributed by atoms with E-state index in [2.05, 4.69) is 10.6 Å². The molecule has 11 nitrogen and oxygen atoms in total. The summed E-state index contributed by atoms with van der Waals surface area (Å²) in [5.74, 6) is -6.51. The summed E-state index contributed by atoms with van der Waals surface area (Å²) in [5.41, 5.74) is -0.861. The highest BCUT2D eigenvalue weighted by atomic mass is 19.3. The zero-order chi connectivity index (χ0) is 28.0. The first-order chi connectivity index (χ1) is 17.9. The lowest BCUT2D eigenvalue weighted by Crippen LogP contribution is -2.34. The number of benzene rings is 3. The highest BCUT2D eigenvalue weighted by Gasteiger charge is 2.42. The second kappa shape index (κ2) is 11.3. The maximum absolute atomic E-state index is 13.4. The Morgan fingerprint density at radius 1 is 0.816 bits per heavy atom. The molecule has 0 aliphatic carbocycles. The highest BCUT2D eigenvalue weighted by molar-refractivity contribution is 6.07. The molecular formula is C23H16F4N4O7. The SMILES string of the molecule is O=C(Nc1ccc(OCC(F)(F)C(F)F)c(NC(=O)c2ccc([N+](=O)[O-])cc2)c1)c1ccc([N+](=O)[O-])cc1. The van der Waals surface area contributed by atoms with Gasteiger partial charge in [-0.05, 0) is 42.5 Å². The summed E-state index contributed by atoms with van der Waals surface area (Å²) < 4.78 is 56.7. The van der Waals surface area contributed by atoms with Crippen molar-refractivity contribution >= 4 is 34.6 Å². The van der Waals surface area contributed by atoms with Gasteiger partial charge in [-0.1, -0.05) is 0 Å². The third-order valence-electron chi connectivity index (χ3n) is 4.91. The van der Waals surface area contributed by atoms with Crippen LogP contribution in [-0.4, -0.2) is 40.6 Å². The molecule has 38 heavy (non-hydrogen) atoms. The Bertz CT molecular complexity index is 1370. The smallest absolute Gasteiger partial charge is 0.340 e. The molecule has 0 spiro atoms. The van der Waals surface area contributed by atoms with E-state index in [-0.39, 0.29) is 33.9 Å². The van der Waals surface area contributed by atoms with Crippen LogP contribution in [0.1, 0.15) is 20.7 Å². The third kappa shape index (κ3) is 6.77. The fourth-order valence-corrected chi connectivity index (χ4v) is 2.94. The maximum atomic E-state index is 13.4. The van der Waals surface area contributed by atoms with Crippen LogP contribution in [0.5, 0.6) is 5.75 Å². The van der Waals surface area contributed by atoms with Crippen LogP contribution >= 0.6 is 0 Å². The summed E-state index contributed by atoms with van der Waals surface area (Å²) in [6.45, 7) is -1.72. The van der Waals surface area contributed by atoms with Crippen LogP contribution in [0.3, 0.4) is 0 Å². The molecule has 15 heteroatoms. The van der Waals surface area contributed by atoms with Gasteiger partial charge in [0.2, 0.25) is 0 Å². The van der Waals surface area contributed by atoms with Gasteiger partial charge in [0, 0.05) is 41.1 Å². The number of alkyl halides is 4. The molecule has 3 rings (SSSR count). The second-order valence-corrected chi connectivity index (χ2v) is 7.58. The zero-order valence-electron chi connectivity index (χ0n) is 18.9. The zero-order valence-corrected chi connectivity index (χ0v) is 18.9. The number of ether oxygens (including phenoxy) is 1. The molecule has 0 radical (unpaired) electrons. The molecule has 0 aromatic heterocycles. The fourth-order valence-electron chi connectivity index (χ4n) is 2.94. The number of halogens is 4. The minimum atomic E-state index is -4.50. The predicted octanol–water partition coefficient (Wildman–Crippen LogP) is 5.29. The molecule has 0 saturated heterocycles. The van der Waals surface area contributed by atoms with Gasteiger partial charge in [-0.2, -0.15) is 8.78 Å². The van der Waals surface area contributed by atoms with Gasteiger partial charge in [-0.25, -0.2) is 8.78 Å². The molecule has 2 N–H and O–H groups in total. The van der Waals surface area contributed by atoms with Crippen molar-refractivity contribution in [2.24, 2.45) is 0 Å². The summed E-state index contributed by atoms with van der Waals surface area (Å²) in [6, 6.07) is 12.3. The molecule has 0 aliphatic heterocycles. The monoisotopic (exact) mass is 536 g/mol. The number of anilines is 2. The van der Waals surface area contributed by atoms with Gasteiger partial charge in [0.05, 0.1) is 15.5 Å². The highest BCUT2D eigenvalue weighted by Crippen LogP contribution is 2.32. The molecule has 0 aliphatic rings.